The Morgan fingerprint density at radius 2 is 0.732 bits per heavy atom. The summed E-state index contributed by atoms with van der Waals surface area (Å²) >= 11 is 3.65. The van der Waals surface area contributed by atoms with E-state index in [0.29, 0.717) is 11.1 Å². The van der Waals surface area contributed by atoms with Gasteiger partial charge in [-0.3, -0.25) is 0 Å². The molecule has 8 aromatic carbocycles. The van der Waals surface area contributed by atoms with Gasteiger partial charge < -0.3 is 9.13 Å². The Bertz CT molecular complexity index is 3620. The average molecular weight is 747 g/mol. The molecule has 0 amide bonds. The van der Waals surface area contributed by atoms with Crippen LogP contribution in [0.15, 0.2) is 158 Å². The molecule has 0 saturated heterocycles. The molecule has 4 aromatic heterocycles. The molecule has 56 heavy (non-hydrogen) atoms. The van der Waals surface area contributed by atoms with Crippen LogP contribution in [0, 0.1) is 22.7 Å². The van der Waals surface area contributed by atoms with Crippen LogP contribution in [0.1, 0.15) is 11.1 Å². The highest BCUT2D eigenvalue weighted by Crippen LogP contribution is 2.42. The maximum Gasteiger partial charge on any atom is 0.0992 e. The monoisotopic (exact) mass is 746 g/mol. The van der Waals surface area contributed by atoms with E-state index in [2.05, 4.69) is 143 Å². The minimum absolute atomic E-state index is 0.604. The molecule has 0 bridgehead atoms. The van der Waals surface area contributed by atoms with E-state index in [1.54, 1.807) is 11.3 Å². The summed E-state index contributed by atoms with van der Waals surface area (Å²) in [6, 6.07) is 60.9. The van der Waals surface area contributed by atoms with Gasteiger partial charge in [-0.2, -0.15) is 10.5 Å². The predicted molar refractivity (Wildman–Crippen MR) is 236 cm³/mol. The highest BCUT2D eigenvalue weighted by atomic mass is 32.1. The van der Waals surface area contributed by atoms with Crippen molar-refractivity contribution in [1.82, 2.24) is 9.13 Å². The van der Waals surface area contributed by atoms with Crippen LogP contribution < -0.4 is 0 Å². The van der Waals surface area contributed by atoms with Gasteiger partial charge in [0.05, 0.1) is 45.3 Å². The SMILES string of the molecule is N#Cc1ccc2c3ccc(C#N)cc3n(-c3ccc4sc5ccc(-c6ccc7sc8ccc(-n9c%10ccccc%10c%10ccccc%109)cc8c7c6)cc5c4c3)c2c1. The maximum absolute atomic E-state index is 9.78. The van der Waals surface area contributed by atoms with Crippen molar-refractivity contribution in [3.8, 4) is 34.6 Å². The maximum atomic E-state index is 9.78. The molecule has 0 spiro atoms. The highest BCUT2D eigenvalue weighted by Gasteiger charge is 2.17. The summed E-state index contributed by atoms with van der Waals surface area (Å²) in [5.41, 5.74) is 10.1. The molecule has 0 N–H and O–H groups in total. The molecule has 0 aliphatic heterocycles. The Labute approximate surface area is 328 Å². The molecule has 6 heteroatoms. The van der Waals surface area contributed by atoms with Crippen LogP contribution in [0.5, 0.6) is 0 Å². The van der Waals surface area contributed by atoms with E-state index in [-0.39, 0.29) is 0 Å². The topological polar surface area (TPSA) is 57.4 Å². The Kier molecular flexibility index (Phi) is 6.48. The number of aromatic nitrogens is 2. The van der Waals surface area contributed by atoms with Gasteiger partial charge in [0.25, 0.3) is 0 Å². The van der Waals surface area contributed by atoms with Crippen molar-refractivity contribution in [1.29, 1.82) is 10.5 Å². The minimum Gasteiger partial charge on any atom is -0.309 e. The predicted octanol–water partition coefficient (Wildman–Crippen LogP) is 14.0. The molecule has 258 valence electrons. The van der Waals surface area contributed by atoms with E-state index >= 15 is 0 Å². The summed E-state index contributed by atoms with van der Waals surface area (Å²) in [7, 11) is 0. The van der Waals surface area contributed by atoms with Crippen LogP contribution in [0.3, 0.4) is 0 Å². The first-order valence-electron chi connectivity index (χ1n) is 18.4. The van der Waals surface area contributed by atoms with Crippen molar-refractivity contribution in [3.63, 3.8) is 0 Å². The second-order valence-electron chi connectivity index (χ2n) is 14.4. The summed E-state index contributed by atoms with van der Waals surface area (Å²) in [6.07, 6.45) is 0. The number of nitrogens with zero attached hydrogens (tertiary/aromatic N) is 4. The Balaban J connectivity index is 1.02. The van der Waals surface area contributed by atoms with Crippen LogP contribution in [0.2, 0.25) is 0 Å². The molecular formula is C50H26N4S2. The van der Waals surface area contributed by atoms with E-state index < -0.39 is 0 Å². The molecule has 0 unspecified atom stereocenters. The summed E-state index contributed by atoms with van der Waals surface area (Å²) in [4.78, 5) is 0. The normalized spacial score (nSPS) is 11.9. The second-order valence-corrected chi connectivity index (χ2v) is 16.5. The lowest BCUT2D eigenvalue weighted by molar-refractivity contribution is 1.18. The standard InChI is InChI=1S/C50H26N4S2/c51-27-29-9-15-37-38-16-10-30(28-52)22-46(38)54(45(37)21-29)34-14-20-50-42(26-34)40-24-32(12-18-48(40)56-50)31-11-17-47-39(23-31)41-25-33(13-19-49(41)55-47)53-43-7-3-1-5-35(43)36-6-2-4-8-44(36)53/h1-26H. The van der Waals surface area contributed by atoms with Crippen molar-refractivity contribution in [2.75, 3.05) is 0 Å². The summed E-state index contributed by atoms with van der Waals surface area (Å²) < 4.78 is 9.60. The highest BCUT2D eigenvalue weighted by molar-refractivity contribution is 7.26. The zero-order valence-electron chi connectivity index (χ0n) is 29.6. The Morgan fingerprint density at radius 1 is 0.339 bits per heavy atom. The van der Waals surface area contributed by atoms with Crippen LogP contribution in [-0.4, -0.2) is 9.13 Å². The van der Waals surface area contributed by atoms with E-state index in [0.717, 1.165) is 33.2 Å². The van der Waals surface area contributed by atoms with Crippen LogP contribution in [-0.2, 0) is 0 Å². The second kappa shape index (κ2) is 11.6. The number of benzene rings is 8. The van der Waals surface area contributed by atoms with Gasteiger partial charge in [0.2, 0.25) is 0 Å². The van der Waals surface area contributed by atoms with Gasteiger partial charge in [-0.1, -0.05) is 60.7 Å². The van der Waals surface area contributed by atoms with Crippen molar-refractivity contribution in [2.24, 2.45) is 0 Å². The third-order valence-electron chi connectivity index (χ3n) is 11.4. The molecular weight excluding hydrogens is 721 g/mol. The Morgan fingerprint density at radius 3 is 1.20 bits per heavy atom. The number of para-hydroxylation sites is 2. The largest absolute Gasteiger partial charge is 0.309 e. The third-order valence-corrected chi connectivity index (χ3v) is 13.7. The smallest absolute Gasteiger partial charge is 0.0992 e. The van der Waals surface area contributed by atoms with Crippen molar-refractivity contribution >= 4 is 107 Å². The summed E-state index contributed by atoms with van der Waals surface area (Å²) in [5.74, 6) is 0. The van der Waals surface area contributed by atoms with Gasteiger partial charge in [0, 0.05) is 73.3 Å². The third kappa shape index (κ3) is 4.43. The van der Waals surface area contributed by atoms with Crippen molar-refractivity contribution in [2.45, 2.75) is 0 Å². The van der Waals surface area contributed by atoms with Crippen LogP contribution in [0.25, 0.3) is 106 Å². The number of nitriles is 2. The molecule has 0 aliphatic rings. The lowest BCUT2D eigenvalue weighted by Crippen LogP contribution is -1.94. The first kappa shape index (κ1) is 31.2. The molecule has 0 atom stereocenters. The van der Waals surface area contributed by atoms with E-state index in [1.807, 2.05) is 47.7 Å². The summed E-state index contributed by atoms with van der Waals surface area (Å²) in [6.45, 7) is 0. The lowest BCUT2D eigenvalue weighted by atomic mass is 10.0. The van der Waals surface area contributed by atoms with Gasteiger partial charge in [-0.05, 0) is 108 Å². The number of hydrogen-bond donors (Lipinski definition) is 0. The van der Waals surface area contributed by atoms with Gasteiger partial charge in [-0.25, -0.2) is 0 Å². The zero-order valence-corrected chi connectivity index (χ0v) is 31.2. The van der Waals surface area contributed by atoms with Gasteiger partial charge in [0.1, 0.15) is 0 Å². The molecule has 4 nitrogen and oxygen atoms in total. The first-order chi connectivity index (χ1) is 27.6. The Hall–Kier alpha value is -7.22. The zero-order chi connectivity index (χ0) is 37.1. The summed E-state index contributed by atoms with van der Waals surface area (Å²) in [5, 5.41) is 29.1. The fourth-order valence-electron chi connectivity index (χ4n) is 8.80. The first-order valence-corrected chi connectivity index (χ1v) is 20.1. The van der Waals surface area contributed by atoms with Crippen molar-refractivity contribution < 1.29 is 0 Å². The van der Waals surface area contributed by atoms with Gasteiger partial charge >= 0.3 is 0 Å². The fourth-order valence-corrected chi connectivity index (χ4v) is 10.9. The lowest BCUT2D eigenvalue weighted by Gasteiger charge is -2.09. The molecule has 4 heterocycles. The molecule has 12 aromatic rings. The van der Waals surface area contributed by atoms with Crippen molar-refractivity contribution in [3.05, 3.63) is 169 Å². The number of hydrogen-bond acceptors (Lipinski definition) is 4. The fraction of sp³-hybridized carbons (Fsp3) is 0. The van der Waals surface area contributed by atoms with Gasteiger partial charge in [-0.15, -0.1) is 22.7 Å². The minimum atomic E-state index is 0.604. The molecule has 0 saturated carbocycles. The average Bonchev–Trinajstić information content (AvgIpc) is 3.99. The molecule has 0 aliphatic carbocycles. The number of thiophene rings is 2. The van der Waals surface area contributed by atoms with Gasteiger partial charge in [0.15, 0.2) is 0 Å². The van der Waals surface area contributed by atoms with Crippen LogP contribution in [0.4, 0.5) is 0 Å². The molecule has 0 fully saturated rings. The number of rotatable bonds is 3. The molecule has 12 rings (SSSR count). The van der Waals surface area contributed by atoms with E-state index in [9.17, 15) is 10.5 Å². The van der Waals surface area contributed by atoms with E-state index in [4.69, 9.17) is 0 Å². The number of fused-ring (bicyclic) bond motifs is 12. The van der Waals surface area contributed by atoms with E-state index in [1.165, 1.54) is 73.3 Å². The quantitative estimate of drug-likeness (QED) is 0.181. The van der Waals surface area contributed by atoms with Crippen LogP contribution >= 0.6 is 22.7 Å². The molecule has 0 radical (unpaired) electrons.